The zero-order chi connectivity index (χ0) is 16.5. The van der Waals surface area contributed by atoms with Crippen LogP contribution >= 0.6 is 0 Å². The summed E-state index contributed by atoms with van der Waals surface area (Å²) in [7, 11) is 0. The van der Waals surface area contributed by atoms with Crippen LogP contribution in [0.3, 0.4) is 0 Å². The predicted molar refractivity (Wildman–Crippen MR) is 89.8 cm³/mol. The van der Waals surface area contributed by atoms with Crippen molar-refractivity contribution in [1.29, 1.82) is 0 Å². The molecule has 0 aromatic rings. The molecule has 3 nitrogen and oxygen atoms in total. The van der Waals surface area contributed by atoms with Gasteiger partial charge in [-0.15, -0.1) is 0 Å². The van der Waals surface area contributed by atoms with Gasteiger partial charge in [0.1, 0.15) is 0 Å². The SMILES string of the molecule is CC12CCC(O)CC1CCC1C2CCC2(C)C1CCC2(O)CO. The van der Waals surface area contributed by atoms with Crippen LogP contribution in [0.1, 0.15) is 71.6 Å². The molecule has 4 rings (SSSR count). The fourth-order valence-corrected chi connectivity index (χ4v) is 7.61. The molecule has 8 unspecified atom stereocenters. The number of aliphatic hydroxyl groups excluding tert-OH is 2. The summed E-state index contributed by atoms with van der Waals surface area (Å²) in [5, 5.41) is 30.9. The molecule has 4 saturated carbocycles. The summed E-state index contributed by atoms with van der Waals surface area (Å²) in [5.74, 6) is 2.73. The second kappa shape index (κ2) is 5.19. The zero-order valence-corrected chi connectivity index (χ0v) is 14.8. The molecule has 132 valence electrons. The smallest absolute Gasteiger partial charge is 0.0933 e. The lowest BCUT2D eigenvalue weighted by atomic mass is 9.44. The maximum Gasteiger partial charge on any atom is 0.0933 e. The molecule has 4 fully saturated rings. The average Bonchev–Trinajstić information content (AvgIpc) is 2.80. The highest BCUT2D eigenvalue weighted by Crippen LogP contribution is 2.68. The van der Waals surface area contributed by atoms with Crippen LogP contribution < -0.4 is 0 Å². The molecule has 3 N–H and O–H groups in total. The monoisotopic (exact) mass is 322 g/mol. The fourth-order valence-electron chi connectivity index (χ4n) is 7.61. The van der Waals surface area contributed by atoms with Crippen LogP contribution in [0.4, 0.5) is 0 Å². The molecule has 0 radical (unpaired) electrons. The van der Waals surface area contributed by atoms with Crippen molar-refractivity contribution in [2.45, 2.75) is 83.3 Å². The Morgan fingerprint density at radius 1 is 0.913 bits per heavy atom. The molecule has 0 bridgehead atoms. The topological polar surface area (TPSA) is 60.7 Å². The molecule has 0 amide bonds. The van der Waals surface area contributed by atoms with Gasteiger partial charge in [-0.05, 0) is 86.9 Å². The molecule has 0 aromatic carbocycles. The molecule has 23 heavy (non-hydrogen) atoms. The Bertz CT molecular complexity index is 480. The van der Waals surface area contributed by atoms with E-state index in [0.29, 0.717) is 23.2 Å². The average molecular weight is 322 g/mol. The molecule has 4 aliphatic rings. The lowest BCUT2D eigenvalue weighted by molar-refractivity contribution is -0.168. The summed E-state index contributed by atoms with van der Waals surface area (Å²) in [6.07, 6.45) is 9.69. The summed E-state index contributed by atoms with van der Waals surface area (Å²) in [6, 6.07) is 0. The predicted octanol–water partition coefficient (Wildman–Crippen LogP) is 3.11. The molecule has 0 spiro atoms. The minimum Gasteiger partial charge on any atom is -0.393 e. The Morgan fingerprint density at radius 3 is 2.39 bits per heavy atom. The van der Waals surface area contributed by atoms with Gasteiger partial charge >= 0.3 is 0 Å². The lowest BCUT2D eigenvalue weighted by Gasteiger charge is -2.61. The van der Waals surface area contributed by atoms with Gasteiger partial charge in [0, 0.05) is 5.41 Å². The van der Waals surface area contributed by atoms with Gasteiger partial charge in [0.05, 0.1) is 18.3 Å². The van der Waals surface area contributed by atoms with Crippen LogP contribution in [-0.2, 0) is 0 Å². The van der Waals surface area contributed by atoms with Crippen molar-refractivity contribution in [3.8, 4) is 0 Å². The van der Waals surface area contributed by atoms with E-state index in [4.69, 9.17) is 0 Å². The molecule has 0 heterocycles. The Hall–Kier alpha value is -0.120. The third kappa shape index (κ3) is 2.05. The van der Waals surface area contributed by atoms with Gasteiger partial charge in [-0.3, -0.25) is 0 Å². The molecular weight excluding hydrogens is 288 g/mol. The van der Waals surface area contributed by atoms with Crippen molar-refractivity contribution in [3.05, 3.63) is 0 Å². The van der Waals surface area contributed by atoms with Crippen LogP contribution in [0, 0.1) is 34.5 Å². The first kappa shape index (κ1) is 16.4. The molecule has 4 aliphatic carbocycles. The third-order valence-electron chi connectivity index (χ3n) is 9.22. The largest absolute Gasteiger partial charge is 0.393 e. The third-order valence-corrected chi connectivity index (χ3v) is 9.22. The van der Waals surface area contributed by atoms with Gasteiger partial charge in [0.25, 0.3) is 0 Å². The van der Waals surface area contributed by atoms with Crippen molar-refractivity contribution in [3.63, 3.8) is 0 Å². The van der Waals surface area contributed by atoms with Gasteiger partial charge in [-0.25, -0.2) is 0 Å². The van der Waals surface area contributed by atoms with Crippen molar-refractivity contribution in [2.24, 2.45) is 34.5 Å². The number of rotatable bonds is 1. The van der Waals surface area contributed by atoms with Crippen molar-refractivity contribution >= 4 is 0 Å². The first-order valence-electron chi connectivity index (χ1n) is 9.85. The van der Waals surface area contributed by atoms with E-state index in [-0.39, 0.29) is 18.1 Å². The van der Waals surface area contributed by atoms with E-state index in [0.717, 1.165) is 38.0 Å². The first-order valence-corrected chi connectivity index (χ1v) is 9.85. The van der Waals surface area contributed by atoms with E-state index in [1.165, 1.54) is 25.7 Å². The molecule has 3 heteroatoms. The van der Waals surface area contributed by atoms with Gasteiger partial charge in [-0.2, -0.15) is 0 Å². The second-order valence-corrected chi connectivity index (χ2v) is 9.77. The Balaban J connectivity index is 1.63. The minimum absolute atomic E-state index is 0.0792. The van der Waals surface area contributed by atoms with Crippen LogP contribution in [0.2, 0.25) is 0 Å². The van der Waals surface area contributed by atoms with E-state index in [9.17, 15) is 15.3 Å². The van der Waals surface area contributed by atoms with Gasteiger partial charge in [0.15, 0.2) is 0 Å². The van der Waals surface area contributed by atoms with Gasteiger partial charge < -0.3 is 15.3 Å². The van der Waals surface area contributed by atoms with Crippen molar-refractivity contribution in [2.75, 3.05) is 6.61 Å². The van der Waals surface area contributed by atoms with Gasteiger partial charge in [0.2, 0.25) is 0 Å². The highest BCUT2D eigenvalue weighted by atomic mass is 16.3. The van der Waals surface area contributed by atoms with Crippen molar-refractivity contribution < 1.29 is 15.3 Å². The van der Waals surface area contributed by atoms with Gasteiger partial charge in [-0.1, -0.05) is 13.8 Å². The fraction of sp³-hybridized carbons (Fsp3) is 1.00. The maximum atomic E-state index is 11.0. The van der Waals surface area contributed by atoms with E-state index in [1.54, 1.807) is 0 Å². The van der Waals surface area contributed by atoms with E-state index < -0.39 is 5.60 Å². The van der Waals surface area contributed by atoms with Crippen LogP contribution in [-0.4, -0.2) is 33.6 Å². The summed E-state index contributed by atoms with van der Waals surface area (Å²) >= 11 is 0. The normalized spacial score (nSPS) is 59.1. The molecule has 8 atom stereocenters. The highest BCUT2D eigenvalue weighted by molar-refractivity contribution is 5.13. The molecule has 0 aliphatic heterocycles. The molecular formula is C20H34O3. The quantitative estimate of drug-likeness (QED) is 0.695. The Kier molecular flexibility index (Phi) is 3.69. The Labute approximate surface area is 140 Å². The summed E-state index contributed by atoms with van der Waals surface area (Å²) in [4.78, 5) is 0. The zero-order valence-electron chi connectivity index (χ0n) is 14.8. The maximum absolute atomic E-state index is 11.0. The summed E-state index contributed by atoms with van der Waals surface area (Å²) in [5.41, 5.74) is -0.563. The summed E-state index contributed by atoms with van der Waals surface area (Å²) in [6.45, 7) is 4.66. The highest BCUT2D eigenvalue weighted by Gasteiger charge is 2.64. The van der Waals surface area contributed by atoms with Crippen molar-refractivity contribution in [1.82, 2.24) is 0 Å². The number of fused-ring (bicyclic) bond motifs is 5. The minimum atomic E-state index is -0.858. The number of aliphatic hydroxyl groups is 3. The number of hydrogen-bond donors (Lipinski definition) is 3. The van der Waals surface area contributed by atoms with Crippen LogP contribution in [0.5, 0.6) is 0 Å². The van der Waals surface area contributed by atoms with Crippen LogP contribution in [0.25, 0.3) is 0 Å². The molecule has 0 aromatic heterocycles. The van der Waals surface area contributed by atoms with Crippen LogP contribution in [0.15, 0.2) is 0 Å². The first-order chi connectivity index (χ1) is 10.8. The number of hydrogen-bond acceptors (Lipinski definition) is 3. The second-order valence-electron chi connectivity index (χ2n) is 9.77. The van der Waals surface area contributed by atoms with E-state index >= 15 is 0 Å². The summed E-state index contributed by atoms with van der Waals surface area (Å²) < 4.78 is 0. The van der Waals surface area contributed by atoms with E-state index in [1.807, 2.05) is 0 Å². The van der Waals surface area contributed by atoms with E-state index in [2.05, 4.69) is 13.8 Å². The molecule has 0 saturated heterocycles. The lowest BCUT2D eigenvalue weighted by Crippen LogP contribution is -2.57. The Morgan fingerprint density at radius 2 is 1.65 bits per heavy atom. The standard InChI is InChI=1S/C20H34O3/c1-18-8-5-14(22)11-13(18)3-4-15-16(18)6-9-19(2)17(15)7-10-20(19,23)12-21/h13-17,21-23H,3-12H2,1-2H3.